The van der Waals surface area contributed by atoms with Crippen LogP contribution in [0.15, 0.2) is 146 Å². The largest absolute Gasteiger partial charge is 0.459 e. The summed E-state index contributed by atoms with van der Waals surface area (Å²) in [4.78, 5) is 44.2. The first-order valence-electron chi connectivity index (χ1n) is 44.7. The van der Waals surface area contributed by atoms with Crippen molar-refractivity contribution in [1.82, 2.24) is 5.32 Å². The normalized spacial score (nSPS) is 17.2. The van der Waals surface area contributed by atoms with Crippen molar-refractivity contribution in [2.45, 2.75) is 391 Å². The fourth-order valence-corrected chi connectivity index (χ4v) is 17.7. The van der Waals surface area contributed by atoms with Crippen molar-refractivity contribution in [3.63, 3.8) is 0 Å². The van der Waals surface area contributed by atoms with Crippen LogP contribution in [0, 0.1) is 0 Å². The molecule has 0 unspecified atom stereocenters. The maximum absolute atomic E-state index is 15.3. The number of ether oxygens (including phenoxy) is 6. The lowest BCUT2D eigenvalue weighted by molar-refractivity contribution is -0.320. The molecule has 1 saturated heterocycles. The summed E-state index contributed by atoms with van der Waals surface area (Å²) in [6.45, 7) is 27.3. The Morgan fingerprint density at radius 1 is 0.411 bits per heavy atom. The van der Waals surface area contributed by atoms with Crippen LogP contribution in [0.25, 0.3) is 21.5 Å². The number of unbranched alkanes of at least 4 members (excludes halogenated alkanes) is 33. The minimum absolute atomic E-state index is 0.0683. The van der Waals surface area contributed by atoms with Crippen molar-refractivity contribution in [3.8, 4) is 0 Å². The summed E-state index contributed by atoms with van der Waals surface area (Å²) in [5, 5.41) is 7.55. The molecule has 12 nitrogen and oxygen atoms in total. The second kappa shape index (κ2) is 51.5. The smallest absolute Gasteiger partial charge is 0.338 e. The van der Waals surface area contributed by atoms with E-state index in [4.69, 9.17) is 37.3 Å². The zero-order chi connectivity index (χ0) is 80.3. The highest BCUT2D eigenvalue weighted by molar-refractivity contribution is 6.74. The van der Waals surface area contributed by atoms with Gasteiger partial charge in [0.15, 0.2) is 29.0 Å². The number of esters is 2. The third-order valence-corrected chi connectivity index (χ3v) is 33.1. The SMILES string of the molecule is CCCCCCCCCCCCCCCCCCCCCCCCCC(=O)N[C@@H](CO[C@H]1O[C@H](COC(=O)c2ccccc2)[C@H](OC(=O)c2ccccc2)[C@H](OCc2ccc3ccccc3c2)[C@H]1OCc1ccc2ccccc2c1)[C@H](O[Si](C)(C)C(C)(C)C)[C@@H](CCCCCCCCCCCCCC)O[Si](C)(C)C(C)(C)C. The Labute approximate surface area is 681 Å². The zero-order valence-electron chi connectivity index (χ0n) is 72.0. The van der Waals surface area contributed by atoms with Gasteiger partial charge in [-0.05, 0) is 118 Å². The Morgan fingerprint density at radius 2 is 0.786 bits per heavy atom. The molecule has 7 rings (SSSR count). The fraction of sp³-hybridized carbons (Fsp3) is 0.643. The van der Waals surface area contributed by atoms with Crippen molar-refractivity contribution >= 4 is 56.0 Å². The van der Waals surface area contributed by atoms with E-state index in [1.165, 1.54) is 186 Å². The first-order valence-corrected chi connectivity index (χ1v) is 50.5. The average molecular weight is 1580 g/mol. The number of rotatable bonds is 58. The predicted octanol–water partition coefficient (Wildman–Crippen LogP) is 27.0. The van der Waals surface area contributed by atoms with Gasteiger partial charge in [-0.1, -0.05) is 383 Å². The van der Waals surface area contributed by atoms with Gasteiger partial charge in [0.05, 0.1) is 49.2 Å². The maximum atomic E-state index is 15.3. The van der Waals surface area contributed by atoms with Gasteiger partial charge in [0.2, 0.25) is 5.91 Å². The van der Waals surface area contributed by atoms with Gasteiger partial charge in [-0.15, -0.1) is 0 Å². The molecule has 8 atom stereocenters. The van der Waals surface area contributed by atoms with Gasteiger partial charge in [0.1, 0.15) is 24.9 Å². The molecule has 1 N–H and O–H groups in total. The molecule has 0 spiro atoms. The lowest BCUT2D eigenvalue weighted by Gasteiger charge is -2.48. The lowest BCUT2D eigenvalue weighted by atomic mass is 9.97. The standard InChI is InChI=1S/C98H151NO11Si2/c1-13-15-17-19-21-23-25-27-28-29-30-31-32-33-34-35-36-37-39-41-43-45-53-67-89(100)99-86(90(110-112(11,12)98(6,7)8)87(109-111(9,10)97(3,4)5)66-52-44-42-40-38-26-24-22-20-18-16-14-2)76-106-96-93(104-75-79-69-71-81-59-55-57-65-85(81)73-79)92(103-74-78-68-70-80-58-54-56-64-84(80)72-78)91(108-95(102)83-62-50-47-51-63-83)88(107-96)77-105-94(101)82-60-48-46-49-61-82/h46-51,54-65,68-73,86-88,90-93,96H,13-45,52-53,66-67,74-77H2,1-12H3,(H,99,100)/t86-,87+,88+,90-,91-,92-,93+,96-/m0/s1. The first kappa shape index (κ1) is 93.6. The molecule has 6 aromatic carbocycles. The van der Waals surface area contributed by atoms with Crippen molar-refractivity contribution in [2.75, 3.05) is 13.2 Å². The van der Waals surface area contributed by atoms with Crippen LogP contribution in [0.4, 0.5) is 0 Å². The molecule has 1 aliphatic rings. The number of amides is 1. The molecule has 622 valence electrons. The lowest BCUT2D eigenvalue weighted by Crippen LogP contribution is -2.63. The summed E-state index contributed by atoms with van der Waals surface area (Å²) < 4.78 is 58.0. The Kier molecular flexibility index (Phi) is 43.0. The van der Waals surface area contributed by atoms with Crippen LogP contribution in [0.3, 0.4) is 0 Å². The molecule has 1 fully saturated rings. The molecule has 1 heterocycles. The monoisotopic (exact) mass is 1570 g/mol. The molecule has 6 aromatic rings. The number of hydrogen-bond acceptors (Lipinski definition) is 11. The number of carbonyl (C=O) groups is 3. The number of hydrogen-bond donors (Lipinski definition) is 1. The second-order valence-electron chi connectivity index (χ2n) is 35.6. The van der Waals surface area contributed by atoms with Crippen LogP contribution in [0.5, 0.6) is 0 Å². The van der Waals surface area contributed by atoms with Gasteiger partial charge in [0, 0.05) is 6.42 Å². The van der Waals surface area contributed by atoms with Gasteiger partial charge in [0.25, 0.3) is 0 Å². The van der Waals surface area contributed by atoms with Crippen molar-refractivity contribution in [1.29, 1.82) is 0 Å². The minimum Gasteiger partial charge on any atom is -0.459 e. The molecule has 1 aliphatic heterocycles. The summed E-state index contributed by atoms with van der Waals surface area (Å²) in [6.07, 6.45) is 39.0. The molecule has 0 bridgehead atoms. The van der Waals surface area contributed by atoms with Crippen LogP contribution in [-0.4, -0.2) is 96.7 Å². The third-order valence-electron chi connectivity index (χ3n) is 24.1. The van der Waals surface area contributed by atoms with Gasteiger partial charge < -0.3 is 42.6 Å². The summed E-state index contributed by atoms with van der Waals surface area (Å²) in [6, 6.07) is 45.9. The van der Waals surface area contributed by atoms with E-state index >= 15 is 4.79 Å². The van der Waals surface area contributed by atoms with Gasteiger partial charge in [-0.25, -0.2) is 9.59 Å². The van der Waals surface area contributed by atoms with Crippen LogP contribution in [0.2, 0.25) is 36.3 Å². The molecule has 112 heavy (non-hydrogen) atoms. The molecule has 0 aromatic heterocycles. The Hall–Kier alpha value is -5.56. The van der Waals surface area contributed by atoms with Gasteiger partial charge in [-0.3, -0.25) is 4.79 Å². The van der Waals surface area contributed by atoms with Crippen molar-refractivity contribution in [3.05, 3.63) is 168 Å². The van der Waals surface area contributed by atoms with Crippen LogP contribution < -0.4 is 5.32 Å². The fourth-order valence-electron chi connectivity index (χ4n) is 15.0. The topological polar surface area (TPSA) is 137 Å². The number of benzene rings is 6. The van der Waals surface area contributed by atoms with E-state index < -0.39 is 77.5 Å². The molecule has 0 radical (unpaired) electrons. The Bertz CT molecular complexity index is 3540. The molecular formula is C98H151NO11Si2. The summed E-state index contributed by atoms with van der Waals surface area (Å²) in [7, 11) is -5.25. The second-order valence-corrected chi connectivity index (χ2v) is 45.1. The quantitative estimate of drug-likeness (QED) is 0.0222. The van der Waals surface area contributed by atoms with E-state index in [9.17, 15) is 9.59 Å². The van der Waals surface area contributed by atoms with E-state index in [0.29, 0.717) is 17.5 Å². The van der Waals surface area contributed by atoms with E-state index in [1.807, 2.05) is 42.5 Å². The van der Waals surface area contributed by atoms with Crippen LogP contribution >= 0.6 is 0 Å². The zero-order valence-corrected chi connectivity index (χ0v) is 74.0. The first-order chi connectivity index (χ1) is 54.1. The Balaban J connectivity index is 1.18. The highest BCUT2D eigenvalue weighted by Gasteiger charge is 2.53. The molecule has 0 saturated carbocycles. The summed E-state index contributed by atoms with van der Waals surface area (Å²) in [5.74, 6) is -1.26. The number of carbonyl (C=O) groups excluding carboxylic acids is 3. The Morgan fingerprint density at radius 3 is 1.21 bits per heavy atom. The van der Waals surface area contributed by atoms with E-state index in [2.05, 4.69) is 141 Å². The molecule has 0 aliphatic carbocycles. The predicted molar refractivity (Wildman–Crippen MR) is 470 cm³/mol. The van der Waals surface area contributed by atoms with E-state index in [0.717, 1.165) is 77.6 Å². The van der Waals surface area contributed by atoms with Crippen LogP contribution in [0.1, 0.15) is 325 Å². The summed E-state index contributed by atoms with van der Waals surface area (Å²) in [5.41, 5.74) is 2.45. The van der Waals surface area contributed by atoms with Crippen molar-refractivity contribution < 1.29 is 51.7 Å². The average Bonchev–Trinajstić information content (AvgIpc) is 0.804. The number of fused-ring (bicyclic) bond motifs is 2. The molecule has 1 amide bonds. The molecule has 14 heteroatoms. The molecular weight excluding hydrogens is 1420 g/mol. The summed E-state index contributed by atoms with van der Waals surface area (Å²) >= 11 is 0. The van der Waals surface area contributed by atoms with Crippen molar-refractivity contribution in [2.24, 2.45) is 0 Å². The van der Waals surface area contributed by atoms with Gasteiger partial charge in [-0.2, -0.15) is 0 Å². The highest BCUT2D eigenvalue weighted by Crippen LogP contribution is 2.43. The minimum atomic E-state index is -2.70. The van der Waals surface area contributed by atoms with E-state index in [1.54, 1.807) is 48.5 Å². The maximum Gasteiger partial charge on any atom is 0.338 e. The highest BCUT2D eigenvalue weighted by atomic mass is 28.4. The number of nitrogens with one attached hydrogen (secondary N) is 1. The van der Waals surface area contributed by atoms with Gasteiger partial charge >= 0.3 is 11.9 Å². The van der Waals surface area contributed by atoms with E-state index in [-0.39, 0.29) is 42.4 Å². The van der Waals surface area contributed by atoms with Crippen LogP contribution in [-0.2, 0) is 55.3 Å². The third kappa shape index (κ3) is 33.9.